The van der Waals surface area contributed by atoms with E-state index >= 15 is 0 Å². The number of carbonyl (C=O) groups is 1. The first-order chi connectivity index (χ1) is 8.04. The lowest BCUT2D eigenvalue weighted by molar-refractivity contribution is -0.143. The molecule has 3 nitrogen and oxygen atoms in total. The average Bonchev–Trinajstić information content (AvgIpc) is 2.61. The molecule has 0 spiro atoms. The largest absolute Gasteiger partial charge is 0.479 e. The summed E-state index contributed by atoms with van der Waals surface area (Å²) in [5.41, 5.74) is 1.26. The van der Waals surface area contributed by atoms with Crippen molar-refractivity contribution in [3.8, 4) is 0 Å². The minimum Gasteiger partial charge on any atom is -0.479 e. The first-order valence-corrected chi connectivity index (χ1v) is 6.13. The summed E-state index contributed by atoms with van der Waals surface area (Å²) in [5, 5.41) is 12.7. The van der Waals surface area contributed by atoms with Crippen molar-refractivity contribution in [3.63, 3.8) is 0 Å². The van der Waals surface area contributed by atoms with E-state index in [4.69, 9.17) is 0 Å². The van der Waals surface area contributed by atoms with Gasteiger partial charge in [-0.05, 0) is 43.4 Å². The maximum atomic E-state index is 11.6. The van der Waals surface area contributed by atoms with Gasteiger partial charge in [-0.3, -0.25) is 0 Å². The average molecular weight is 233 g/mol. The van der Waals surface area contributed by atoms with Gasteiger partial charge in [-0.15, -0.1) is 0 Å². The van der Waals surface area contributed by atoms with Crippen LogP contribution < -0.4 is 5.32 Å². The van der Waals surface area contributed by atoms with Gasteiger partial charge in [0.25, 0.3) is 0 Å². The lowest BCUT2D eigenvalue weighted by Crippen LogP contribution is -2.48. The van der Waals surface area contributed by atoms with Crippen LogP contribution in [0.3, 0.4) is 0 Å². The minimum atomic E-state index is -0.784. The Bertz CT molecular complexity index is 430. The third kappa shape index (κ3) is 2.14. The Labute approximate surface area is 102 Å². The van der Waals surface area contributed by atoms with E-state index in [0.29, 0.717) is 6.42 Å². The summed E-state index contributed by atoms with van der Waals surface area (Å²) in [6.07, 6.45) is 2.66. The van der Waals surface area contributed by atoms with Crippen molar-refractivity contribution >= 4 is 11.7 Å². The zero-order valence-electron chi connectivity index (χ0n) is 10.4. The molecule has 1 aromatic rings. The second-order valence-corrected chi connectivity index (χ2v) is 5.06. The molecule has 0 saturated heterocycles. The van der Waals surface area contributed by atoms with Crippen molar-refractivity contribution in [2.45, 2.75) is 38.6 Å². The van der Waals surface area contributed by atoms with Gasteiger partial charge >= 0.3 is 5.97 Å². The van der Waals surface area contributed by atoms with Crippen LogP contribution in [-0.4, -0.2) is 16.6 Å². The monoisotopic (exact) mass is 233 g/mol. The summed E-state index contributed by atoms with van der Waals surface area (Å²) in [7, 11) is 0. The fraction of sp³-hybridized carbons (Fsp3) is 0.500. The van der Waals surface area contributed by atoms with E-state index in [9.17, 15) is 9.90 Å². The third-order valence-corrected chi connectivity index (χ3v) is 3.82. The highest BCUT2D eigenvalue weighted by molar-refractivity contribution is 5.83. The Morgan fingerprint density at radius 1 is 1.53 bits per heavy atom. The summed E-state index contributed by atoms with van der Waals surface area (Å²) in [4.78, 5) is 11.6. The minimum absolute atomic E-state index is 0.167. The van der Waals surface area contributed by atoms with Crippen LogP contribution in [0.1, 0.15) is 31.7 Å². The molecule has 17 heavy (non-hydrogen) atoms. The Morgan fingerprint density at radius 3 is 2.82 bits per heavy atom. The van der Waals surface area contributed by atoms with Gasteiger partial charge in [-0.1, -0.05) is 25.5 Å². The molecule has 2 N–H and O–H groups in total. The number of nitrogens with one attached hydrogen (secondary N) is 1. The van der Waals surface area contributed by atoms with Gasteiger partial charge in [0.1, 0.15) is 5.54 Å². The fourth-order valence-electron chi connectivity index (χ4n) is 2.72. The molecule has 0 heterocycles. The molecule has 0 aromatic heterocycles. The molecular formula is C14H19NO2. The quantitative estimate of drug-likeness (QED) is 0.843. The van der Waals surface area contributed by atoms with Gasteiger partial charge in [-0.25, -0.2) is 4.79 Å². The fourth-order valence-corrected chi connectivity index (χ4v) is 2.72. The van der Waals surface area contributed by atoms with Crippen molar-refractivity contribution in [1.29, 1.82) is 0 Å². The smallest absolute Gasteiger partial charge is 0.329 e. The lowest BCUT2D eigenvalue weighted by atomic mass is 9.88. The van der Waals surface area contributed by atoms with E-state index in [0.717, 1.165) is 24.1 Å². The summed E-state index contributed by atoms with van der Waals surface area (Å²) >= 11 is 0. The standard InChI is InChI=1S/C14H19NO2/c1-10-5-3-7-12(9-10)15-14(13(16)17)8-4-6-11(14)2/h3,5,7,9,11,15H,4,6,8H2,1-2H3,(H,16,17). The zero-order valence-corrected chi connectivity index (χ0v) is 10.4. The number of aryl methyl sites for hydroxylation is 1. The topological polar surface area (TPSA) is 49.3 Å². The Balaban J connectivity index is 2.28. The van der Waals surface area contributed by atoms with Gasteiger partial charge in [0.2, 0.25) is 0 Å². The number of anilines is 1. The van der Waals surface area contributed by atoms with Gasteiger partial charge in [0.15, 0.2) is 0 Å². The molecule has 1 aliphatic rings. The van der Waals surface area contributed by atoms with Crippen LogP contribution >= 0.6 is 0 Å². The van der Waals surface area contributed by atoms with E-state index in [1.165, 1.54) is 0 Å². The van der Waals surface area contributed by atoms with Crippen LogP contribution in [0.5, 0.6) is 0 Å². The summed E-state index contributed by atoms with van der Waals surface area (Å²) in [6, 6.07) is 7.89. The molecular weight excluding hydrogens is 214 g/mol. The molecule has 92 valence electrons. The molecule has 0 aliphatic heterocycles. The van der Waals surface area contributed by atoms with E-state index < -0.39 is 11.5 Å². The predicted octanol–water partition coefficient (Wildman–Crippen LogP) is 3.05. The maximum absolute atomic E-state index is 11.6. The van der Waals surface area contributed by atoms with Crippen LogP contribution in [0.2, 0.25) is 0 Å². The summed E-state index contributed by atoms with van der Waals surface area (Å²) in [5.74, 6) is -0.565. The first kappa shape index (κ1) is 12.0. The number of carboxylic acid groups (broad SMARTS) is 1. The van der Waals surface area contributed by atoms with Crippen LogP contribution in [-0.2, 0) is 4.79 Å². The molecule has 1 aliphatic carbocycles. The molecule has 0 amide bonds. The molecule has 2 rings (SSSR count). The second kappa shape index (κ2) is 4.40. The van der Waals surface area contributed by atoms with Crippen LogP contribution in [0.25, 0.3) is 0 Å². The van der Waals surface area contributed by atoms with E-state index in [1.54, 1.807) is 0 Å². The zero-order chi connectivity index (χ0) is 12.5. The Hall–Kier alpha value is -1.51. The number of hydrogen-bond donors (Lipinski definition) is 2. The van der Waals surface area contributed by atoms with Crippen molar-refractivity contribution in [1.82, 2.24) is 0 Å². The maximum Gasteiger partial charge on any atom is 0.329 e. The second-order valence-electron chi connectivity index (χ2n) is 5.06. The molecule has 1 saturated carbocycles. The van der Waals surface area contributed by atoms with Gasteiger partial charge in [0.05, 0.1) is 0 Å². The number of rotatable bonds is 3. The molecule has 2 unspecified atom stereocenters. The number of aliphatic carboxylic acids is 1. The number of carboxylic acids is 1. The van der Waals surface area contributed by atoms with Crippen LogP contribution in [0.15, 0.2) is 24.3 Å². The van der Waals surface area contributed by atoms with E-state index in [2.05, 4.69) is 5.32 Å². The van der Waals surface area contributed by atoms with Crippen molar-refractivity contribution in [2.24, 2.45) is 5.92 Å². The Morgan fingerprint density at radius 2 is 2.29 bits per heavy atom. The molecule has 2 atom stereocenters. The van der Waals surface area contributed by atoms with E-state index in [-0.39, 0.29) is 5.92 Å². The predicted molar refractivity (Wildman–Crippen MR) is 68.2 cm³/mol. The number of hydrogen-bond acceptors (Lipinski definition) is 2. The molecule has 1 fully saturated rings. The van der Waals surface area contributed by atoms with Crippen LogP contribution in [0.4, 0.5) is 5.69 Å². The summed E-state index contributed by atoms with van der Waals surface area (Å²) < 4.78 is 0. The first-order valence-electron chi connectivity index (χ1n) is 6.13. The lowest BCUT2D eigenvalue weighted by Gasteiger charge is -2.31. The highest BCUT2D eigenvalue weighted by Crippen LogP contribution is 2.38. The van der Waals surface area contributed by atoms with Gasteiger partial charge < -0.3 is 10.4 Å². The molecule has 0 radical (unpaired) electrons. The van der Waals surface area contributed by atoms with Crippen molar-refractivity contribution < 1.29 is 9.90 Å². The molecule has 1 aromatic carbocycles. The Kier molecular flexibility index (Phi) is 3.09. The van der Waals surface area contributed by atoms with E-state index in [1.807, 2.05) is 38.1 Å². The normalized spacial score (nSPS) is 28.0. The summed E-state index contributed by atoms with van der Waals surface area (Å²) in [6.45, 7) is 4.03. The highest BCUT2D eigenvalue weighted by Gasteiger charge is 2.47. The molecule has 3 heteroatoms. The third-order valence-electron chi connectivity index (χ3n) is 3.82. The van der Waals surface area contributed by atoms with Gasteiger partial charge in [0, 0.05) is 5.69 Å². The van der Waals surface area contributed by atoms with Crippen molar-refractivity contribution in [3.05, 3.63) is 29.8 Å². The SMILES string of the molecule is Cc1cccc(NC2(C(=O)O)CCCC2C)c1. The number of benzene rings is 1. The van der Waals surface area contributed by atoms with Crippen molar-refractivity contribution in [2.75, 3.05) is 5.32 Å². The van der Waals surface area contributed by atoms with Crippen LogP contribution in [0, 0.1) is 12.8 Å². The highest BCUT2D eigenvalue weighted by atomic mass is 16.4. The van der Waals surface area contributed by atoms with Gasteiger partial charge in [-0.2, -0.15) is 0 Å². The molecule has 0 bridgehead atoms.